The summed E-state index contributed by atoms with van der Waals surface area (Å²) >= 11 is 0. The number of hydrogen-bond acceptors (Lipinski definition) is 2. The van der Waals surface area contributed by atoms with E-state index in [9.17, 15) is 4.79 Å². The number of rotatable bonds is 3. The molecule has 0 spiro atoms. The molecule has 1 atom stereocenters. The zero-order valence-electron chi connectivity index (χ0n) is 13.4. The molecule has 3 heteroatoms. The monoisotopic (exact) mass is 290 g/mol. The second-order valence-electron chi connectivity index (χ2n) is 8.31. The number of likely N-dealkylation sites (tertiary alicyclic amines) is 1. The fourth-order valence-corrected chi connectivity index (χ4v) is 6.26. The summed E-state index contributed by atoms with van der Waals surface area (Å²) in [6.45, 7) is 3.08. The number of carbonyl (C=O) groups is 1. The molecule has 1 N–H and O–H groups in total. The first-order chi connectivity index (χ1) is 10.2. The van der Waals surface area contributed by atoms with Crippen LogP contribution in [-0.2, 0) is 4.79 Å². The van der Waals surface area contributed by atoms with Gasteiger partial charge in [0.1, 0.15) is 0 Å². The maximum atomic E-state index is 13.1. The van der Waals surface area contributed by atoms with Crippen molar-refractivity contribution >= 4 is 5.91 Å². The van der Waals surface area contributed by atoms with Gasteiger partial charge in [-0.15, -0.1) is 0 Å². The molecule has 3 nitrogen and oxygen atoms in total. The van der Waals surface area contributed by atoms with Crippen molar-refractivity contribution < 1.29 is 4.79 Å². The van der Waals surface area contributed by atoms with Crippen molar-refractivity contribution in [3.05, 3.63) is 0 Å². The number of carbonyl (C=O) groups excluding carboxylic acids is 1. The van der Waals surface area contributed by atoms with Crippen LogP contribution in [0.15, 0.2) is 0 Å². The molecule has 0 aromatic carbocycles. The van der Waals surface area contributed by atoms with Crippen LogP contribution in [0.4, 0.5) is 0 Å². The number of nitrogens with one attached hydrogen (secondary N) is 1. The standard InChI is InChI=1S/C18H30N2O/c1-19-10-12-3-2-4-20(11-12)18(21)17-15-6-13-5-14(8-15)9-16(17)7-13/h12-17,19H,2-11H2,1H3. The van der Waals surface area contributed by atoms with Gasteiger partial charge in [0, 0.05) is 19.0 Å². The Labute approximate surface area is 128 Å². The quantitative estimate of drug-likeness (QED) is 0.866. The molecule has 4 aliphatic carbocycles. The number of hydrogen-bond donors (Lipinski definition) is 1. The number of nitrogens with zero attached hydrogens (tertiary/aromatic N) is 1. The molecule has 0 aromatic heterocycles. The Morgan fingerprint density at radius 3 is 2.38 bits per heavy atom. The smallest absolute Gasteiger partial charge is 0.226 e. The highest BCUT2D eigenvalue weighted by atomic mass is 16.2. The van der Waals surface area contributed by atoms with E-state index in [-0.39, 0.29) is 0 Å². The van der Waals surface area contributed by atoms with Gasteiger partial charge >= 0.3 is 0 Å². The molecule has 1 heterocycles. The molecular weight excluding hydrogens is 260 g/mol. The van der Waals surface area contributed by atoms with Gasteiger partial charge in [0.15, 0.2) is 0 Å². The first-order valence-electron chi connectivity index (χ1n) is 9.18. The average molecular weight is 290 g/mol. The summed E-state index contributed by atoms with van der Waals surface area (Å²) in [6, 6.07) is 0. The Bertz CT molecular complexity index is 378. The molecule has 1 unspecified atom stereocenters. The molecule has 5 rings (SSSR count). The molecule has 4 bridgehead atoms. The summed E-state index contributed by atoms with van der Waals surface area (Å²) in [5.74, 6) is 5.00. The van der Waals surface area contributed by atoms with Gasteiger partial charge in [-0.25, -0.2) is 0 Å². The van der Waals surface area contributed by atoms with Gasteiger partial charge in [0.25, 0.3) is 0 Å². The van der Waals surface area contributed by atoms with E-state index in [4.69, 9.17) is 0 Å². The number of amides is 1. The third-order valence-corrected chi connectivity index (χ3v) is 6.84. The van der Waals surface area contributed by atoms with Crippen molar-refractivity contribution in [2.75, 3.05) is 26.7 Å². The van der Waals surface area contributed by atoms with E-state index < -0.39 is 0 Å². The maximum Gasteiger partial charge on any atom is 0.226 e. The predicted octanol–water partition coefficient (Wildman–Crippen LogP) is 2.52. The lowest BCUT2D eigenvalue weighted by Crippen LogP contribution is -2.53. The highest BCUT2D eigenvalue weighted by molar-refractivity contribution is 5.80. The van der Waals surface area contributed by atoms with Crippen molar-refractivity contribution in [1.29, 1.82) is 0 Å². The minimum absolute atomic E-state index is 0.395. The fourth-order valence-electron chi connectivity index (χ4n) is 6.26. The van der Waals surface area contributed by atoms with Crippen molar-refractivity contribution in [2.45, 2.75) is 44.9 Å². The van der Waals surface area contributed by atoms with Crippen LogP contribution < -0.4 is 5.32 Å². The zero-order valence-corrected chi connectivity index (χ0v) is 13.4. The van der Waals surface area contributed by atoms with Crippen LogP contribution in [0.3, 0.4) is 0 Å². The SMILES string of the molecule is CNCC1CCCN(C(=O)C2C3CC4CC(C3)CC2C4)C1. The van der Waals surface area contributed by atoms with Crippen molar-refractivity contribution in [3.63, 3.8) is 0 Å². The van der Waals surface area contributed by atoms with Gasteiger partial charge in [-0.3, -0.25) is 4.79 Å². The Morgan fingerprint density at radius 1 is 1.10 bits per heavy atom. The molecule has 1 saturated heterocycles. The Balaban J connectivity index is 1.45. The van der Waals surface area contributed by atoms with Crippen molar-refractivity contribution in [3.8, 4) is 0 Å². The van der Waals surface area contributed by atoms with Crippen molar-refractivity contribution in [1.82, 2.24) is 10.2 Å². The van der Waals surface area contributed by atoms with E-state index in [1.165, 1.54) is 44.9 Å². The summed E-state index contributed by atoms with van der Waals surface area (Å²) in [4.78, 5) is 15.4. The van der Waals surface area contributed by atoms with E-state index in [0.717, 1.165) is 43.3 Å². The Hall–Kier alpha value is -0.570. The zero-order chi connectivity index (χ0) is 14.4. The van der Waals surface area contributed by atoms with Gasteiger partial charge in [-0.05, 0) is 88.1 Å². The largest absolute Gasteiger partial charge is 0.342 e. The summed E-state index contributed by atoms with van der Waals surface area (Å²) in [5.41, 5.74) is 0. The highest BCUT2D eigenvalue weighted by Crippen LogP contribution is 2.56. The normalized spacial score (nSPS) is 45.1. The lowest BCUT2D eigenvalue weighted by atomic mass is 9.51. The first-order valence-corrected chi connectivity index (χ1v) is 9.18. The minimum atomic E-state index is 0.395. The number of piperidine rings is 1. The van der Waals surface area contributed by atoms with Crippen LogP contribution in [0.2, 0.25) is 0 Å². The minimum Gasteiger partial charge on any atom is -0.342 e. The first kappa shape index (κ1) is 14.0. The molecule has 1 amide bonds. The summed E-state index contributed by atoms with van der Waals surface area (Å²) in [7, 11) is 2.03. The maximum absolute atomic E-state index is 13.1. The van der Waals surface area contributed by atoms with Crippen molar-refractivity contribution in [2.24, 2.45) is 35.5 Å². The second-order valence-corrected chi connectivity index (χ2v) is 8.31. The van der Waals surface area contributed by atoms with Gasteiger partial charge in [-0.2, -0.15) is 0 Å². The third-order valence-electron chi connectivity index (χ3n) is 6.84. The van der Waals surface area contributed by atoms with E-state index >= 15 is 0 Å². The third kappa shape index (κ3) is 2.52. The lowest BCUT2D eigenvalue weighted by molar-refractivity contribution is -0.150. The molecule has 118 valence electrons. The van der Waals surface area contributed by atoms with E-state index in [1.807, 2.05) is 7.05 Å². The molecule has 5 aliphatic rings. The second kappa shape index (κ2) is 5.57. The lowest BCUT2D eigenvalue weighted by Gasteiger charge is -2.54. The van der Waals surface area contributed by atoms with Gasteiger partial charge in [0.05, 0.1) is 0 Å². The average Bonchev–Trinajstić information content (AvgIpc) is 2.46. The van der Waals surface area contributed by atoms with E-state index in [1.54, 1.807) is 0 Å². The van der Waals surface area contributed by atoms with E-state index in [0.29, 0.717) is 17.7 Å². The van der Waals surface area contributed by atoms with Crippen LogP contribution >= 0.6 is 0 Å². The van der Waals surface area contributed by atoms with Crippen LogP contribution in [0.5, 0.6) is 0 Å². The van der Waals surface area contributed by atoms with Crippen LogP contribution in [0.25, 0.3) is 0 Å². The molecule has 5 fully saturated rings. The fraction of sp³-hybridized carbons (Fsp3) is 0.944. The molecule has 21 heavy (non-hydrogen) atoms. The molecule has 1 aliphatic heterocycles. The molecule has 0 radical (unpaired) electrons. The summed E-state index contributed by atoms with van der Waals surface area (Å²) < 4.78 is 0. The molecular formula is C18H30N2O. The topological polar surface area (TPSA) is 32.3 Å². The van der Waals surface area contributed by atoms with Crippen LogP contribution in [0, 0.1) is 35.5 Å². The summed E-state index contributed by atoms with van der Waals surface area (Å²) in [5, 5.41) is 3.29. The van der Waals surface area contributed by atoms with Gasteiger partial charge < -0.3 is 10.2 Å². The highest BCUT2D eigenvalue weighted by Gasteiger charge is 2.51. The summed E-state index contributed by atoms with van der Waals surface area (Å²) in [6.07, 6.45) is 9.39. The van der Waals surface area contributed by atoms with E-state index in [2.05, 4.69) is 10.2 Å². The van der Waals surface area contributed by atoms with Gasteiger partial charge in [0.2, 0.25) is 5.91 Å². The van der Waals surface area contributed by atoms with Crippen LogP contribution in [-0.4, -0.2) is 37.5 Å². The van der Waals surface area contributed by atoms with Crippen LogP contribution in [0.1, 0.15) is 44.9 Å². The molecule has 4 saturated carbocycles. The molecule has 0 aromatic rings. The predicted molar refractivity (Wildman–Crippen MR) is 83.8 cm³/mol. The Kier molecular flexibility index (Phi) is 3.72. The Morgan fingerprint density at radius 2 is 1.76 bits per heavy atom. The van der Waals surface area contributed by atoms with Gasteiger partial charge in [-0.1, -0.05) is 0 Å².